The average Bonchev–Trinajstić information content (AvgIpc) is 3.13. The molecule has 0 unspecified atom stereocenters. The second kappa shape index (κ2) is 9.83. The van der Waals surface area contributed by atoms with Crippen molar-refractivity contribution < 1.29 is 12.9 Å². The van der Waals surface area contributed by atoms with E-state index in [0.29, 0.717) is 56.0 Å². The highest BCUT2D eigenvalue weighted by atomic mass is 127. The minimum Gasteiger partial charge on any atom is -0.357 e. The van der Waals surface area contributed by atoms with E-state index in [1.807, 2.05) is 30.0 Å². The fourth-order valence-electron chi connectivity index (χ4n) is 2.96. The van der Waals surface area contributed by atoms with Crippen molar-refractivity contribution in [1.29, 1.82) is 0 Å². The minimum atomic E-state index is -3.09. The van der Waals surface area contributed by atoms with Crippen LogP contribution in [-0.4, -0.2) is 71.1 Å². The minimum absolute atomic E-state index is 0. The van der Waals surface area contributed by atoms with Crippen LogP contribution in [0.2, 0.25) is 0 Å². The summed E-state index contributed by atoms with van der Waals surface area (Å²) in [5.41, 5.74) is 0.634. The summed E-state index contributed by atoms with van der Waals surface area (Å²) in [6, 6.07) is 5.50. The standard InChI is InChI=1S/C18H26N6O3S.HI/c1-4-19-17(24-11-12-28(25,26)18(2,3)13-24)21-10-8-15-22-16(27-23-15)14-7-5-6-9-20-14;/h5-7,9H,4,8,10-13H2,1-3H3,(H,19,21);1H. The summed E-state index contributed by atoms with van der Waals surface area (Å²) in [5, 5.41) is 7.22. The summed E-state index contributed by atoms with van der Waals surface area (Å²) in [4.78, 5) is 15.2. The second-order valence-electron chi connectivity index (χ2n) is 7.22. The molecule has 0 radical (unpaired) electrons. The largest absolute Gasteiger partial charge is 0.357 e. The molecule has 2 aromatic rings. The normalized spacial score (nSPS) is 18.2. The molecule has 1 aliphatic rings. The number of aromatic nitrogens is 3. The summed E-state index contributed by atoms with van der Waals surface area (Å²) in [6.07, 6.45) is 2.19. The van der Waals surface area contributed by atoms with Crippen LogP contribution in [0.15, 0.2) is 33.9 Å². The number of guanidine groups is 1. The maximum absolute atomic E-state index is 12.2. The molecule has 3 heterocycles. The summed E-state index contributed by atoms with van der Waals surface area (Å²) in [7, 11) is -3.09. The molecule has 1 N–H and O–H groups in total. The van der Waals surface area contributed by atoms with E-state index in [0.717, 1.165) is 0 Å². The molecule has 1 fully saturated rings. The van der Waals surface area contributed by atoms with E-state index in [2.05, 4.69) is 25.4 Å². The summed E-state index contributed by atoms with van der Waals surface area (Å²) in [5.74, 6) is 1.78. The number of hydrogen-bond acceptors (Lipinski definition) is 7. The third-order valence-corrected chi connectivity index (χ3v) is 7.16. The van der Waals surface area contributed by atoms with Gasteiger partial charge in [-0.2, -0.15) is 4.98 Å². The van der Waals surface area contributed by atoms with E-state index < -0.39 is 14.6 Å². The molecule has 0 aromatic carbocycles. The highest BCUT2D eigenvalue weighted by molar-refractivity contribution is 14.0. The Bertz CT molecular complexity index is 930. The molecule has 1 aliphatic heterocycles. The van der Waals surface area contributed by atoms with E-state index in [-0.39, 0.29) is 29.7 Å². The van der Waals surface area contributed by atoms with Crippen molar-refractivity contribution in [2.45, 2.75) is 31.9 Å². The smallest absolute Gasteiger partial charge is 0.276 e. The van der Waals surface area contributed by atoms with Crippen LogP contribution in [0.3, 0.4) is 0 Å². The summed E-state index contributed by atoms with van der Waals surface area (Å²) >= 11 is 0. The highest BCUT2D eigenvalue weighted by Gasteiger charge is 2.40. The molecule has 9 nitrogen and oxygen atoms in total. The van der Waals surface area contributed by atoms with Crippen LogP contribution in [0.1, 0.15) is 26.6 Å². The number of pyridine rings is 1. The van der Waals surface area contributed by atoms with Gasteiger partial charge in [0.25, 0.3) is 5.89 Å². The van der Waals surface area contributed by atoms with Crippen molar-refractivity contribution in [3.63, 3.8) is 0 Å². The fourth-order valence-corrected chi connectivity index (χ4v) is 4.33. The van der Waals surface area contributed by atoms with Gasteiger partial charge < -0.3 is 14.7 Å². The predicted molar refractivity (Wildman–Crippen MR) is 122 cm³/mol. The maximum atomic E-state index is 12.2. The lowest BCUT2D eigenvalue weighted by Crippen LogP contribution is -2.57. The monoisotopic (exact) mass is 534 g/mol. The maximum Gasteiger partial charge on any atom is 0.276 e. The van der Waals surface area contributed by atoms with Gasteiger partial charge in [0.1, 0.15) is 5.69 Å². The van der Waals surface area contributed by atoms with E-state index in [1.54, 1.807) is 20.0 Å². The lowest BCUT2D eigenvalue weighted by Gasteiger charge is -2.39. The molecule has 0 amide bonds. The molecule has 1 saturated heterocycles. The van der Waals surface area contributed by atoms with E-state index in [4.69, 9.17) is 4.52 Å². The quantitative estimate of drug-likeness (QED) is 0.351. The highest BCUT2D eigenvalue weighted by Crippen LogP contribution is 2.23. The first-order valence-corrected chi connectivity index (χ1v) is 11.0. The predicted octanol–water partition coefficient (Wildman–Crippen LogP) is 1.77. The van der Waals surface area contributed by atoms with Crippen molar-refractivity contribution in [2.24, 2.45) is 4.99 Å². The van der Waals surface area contributed by atoms with Crippen molar-refractivity contribution in [1.82, 2.24) is 25.3 Å². The lowest BCUT2D eigenvalue weighted by atomic mass is 10.2. The molecule has 29 heavy (non-hydrogen) atoms. The molecule has 0 saturated carbocycles. The summed E-state index contributed by atoms with van der Waals surface area (Å²) < 4.78 is 28.9. The van der Waals surface area contributed by atoms with E-state index >= 15 is 0 Å². The first kappa shape index (κ1) is 23.5. The van der Waals surface area contributed by atoms with Crippen LogP contribution in [-0.2, 0) is 16.3 Å². The molecule has 0 bridgehead atoms. The van der Waals surface area contributed by atoms with Crippen LogP contribution < -0.4 is 5.32 Å². The molecule has 2 aromatic heterocycles. The van der Waals surface area contributed by atoms with Crippen LogP contribution >= 0.6 is 24.0 Å². The van der Waals surface area contributed by atoms with Crippen molar-refractivity contribution in [3.8, 4) is 11.6 Å². The topological polar surface area (TPSA) is 114 Å². The number of aliphatic imine (C=N–C) groups is 1. The third-order valence-electron chi connectivity index (χ3n) is 4.63. The Labute approximate surface area is 188 Å². The Hall–Kier alpha value is -1.76. The molecule has 0 atom stereocenters. The molecule has 160 valence electrons. The molecular weight excluding hydrogens is 507 g/mol. The van der Waals surface area contributed by atoms with Gasteiger partial charge in [0, 0.05) is 38.8 Å². The first-order valence-electron chi connectivity index (χ1n) is 9.32. The molecular formula is C18H27IN6O3S. The Morgan fingerprint density at radius 1 is 1.38 bits per heavy atom. The number of sulfone groups is 1. The van der Waals surface area contributed by atoms with Crippen LogP contribution in [0.4, 0.5) is 0 Å². The Morgan fingerprint density at radius 2 is 2.17 bits per heavy atom. The van der Waals surface area contributed by atoms with Gasteiger partial charge in [-0.25, -0.2) is 8.42 Å². The van der Waals surface area contributed by atoms with Crippen LogP contribution in [0.5, 0.6) is 0 Å². The van der Waals surface area contributed by atoms with Gasteiger partial charge in [-0.3, -0.25) is 9.98 Å². The molecule has 11 heteroatoms. The van der Waals surface area contributed by atoms with E-state index in [1.165, 1.54) is 0 Å². The number of rotatable bonds is 5. The molecule has 3 rings (SSSR count). The van der Waals surface area contributed by atoms with Crippen LogP contribution in [0, 0.1) is 0 Å². The molecule has 0 spiro atoms. The number of nitrogens with one attached hydrogen (secondary N) is 1. The SMILES string of the molecule is CCNC(=NCCc1noc(-c2ccccn2)n1)N1CCS(=O)(=O)C(C)(C)C1.I. The Balaban J connectivity index is 0.00000300. The van der Waals surface area contributed by atoms with Crippen LogP contribution in [0.25, 0.3) is 11.6 Å². The zero-order chi connectivity index (χ0) is 20.2. The second-order valence-corrected chi connectivity index (χ2v) is 9.96. The van der Waals surface area contributed by atoms with Crippen molar-refractivity contribution in [3.05, 3.63) is 30.2 Å². The zero-order valence-electron chi connectivity index (χ0n) is 16.8. The van der Waals surface area contributed by atoms with Gasteiger partial charge in [0.2, 0.25) is 0 Å². The van der Waals surface area contributed by atoms with Gasteiger partial charge in [0.05, 0.1) is 10.5 Å². The van der Waals surface area contributed by atoms with Crippen molar-refractivity contribution >= 4 is 39.8 Å². The van der Waals surface area contributed by atoms with Gasteiger partial charge >= 0.3 is 0 Å². The Morgan fingerprint density at radius 3 is 2.83 bits per heavy atom. The first-order chi connectivity index (χ1) is 13.3. The van der Waals surface area contributed by atoms with Gasteiger partial charge in [-0.1, -0.05) is 11.2 Å². The fraction of sp³-hybridized carbons (Fsp3) is 0.556. The van der Waals surface area contributed by atoms with Gasteiger partial charge in [-0.15, -0.1) is 24.0 Å². The zero-order valence-corrected chi connectivity index (χ0v) is 20.0. The summed E-state index contributed by atoms with van der Waals surface area (Å²) in [6.45, 7) is 7.52. The van der Waals surface area contributed by atoms with Gasteiger partial charge in [-0.05, 0) is 32.9 Å². The molecule has 0 aliphatic carbocycles. The lowest BCUT2D eigenvalue weighted by molar-refractivity contribution is 0.353. The third kappa shape index (κ3) is 5.65. The number of nitrogens with zero attached hydrogens (tertiary/aromatic N) is 5. The van der Waals surface area contributed by atoms with E-state index in [9.17, 15) is 8.42 Å². The number of halogens is 1. The average molecular weight is 534 g/mol. The Kier molecular flexibility index (Phi) is 7.97. The number of hydrogen-bond donors (Lipinski definition) is 1. The van der Waals surface area contributed by atoms with Gasteiger partial charge in [0.15, 0.2) is 21.6 Å². The van der Waals surface area contributed by atoms with Crippen molar-refractivity contribution in [2.75, 3.05) is 31.9 Å².